The van der Waals surface area contributed by atoms with Crippen molar-refractivity contribution in [1.29, 1.82) is 0 Å². The Morgan fingerprint density at radius 3 is 1.59 bits per heavy atom. The van der Waals surface area contributed by atoms with E-state index < -0.39 is 0 Å². The summed E-state index contributed by atoms with van der Waals surface area (Å²) in [6.45, 7) is 0. The fourth-order valence-electron chi connectivity index (χ4n) is 7.36. The zero-order chi connectivity index (χ0) is 32.5. The van der Waals surface area contributed by atoms with Crippen molar-refractivity contribution in [2.24, 2.45) is 0 Å². The number of halogens is 1. The fourth-order valence-corrected chi connectivity index (χ4v) is 7.59. The number of hydrogen-bond donors (Lipinski definition) is 0. The molecule has 49 heavy (non-hydrogen) atoms. The highest BCUT2D eigenvalue weighted by Crippen LogP contribution is 2.40. The second kappa shape index (κ2) is 10.9. The minimum absolute atomic E-state index is 0.636. The van der Waals surface area contributed by atoms with Gasteiger partial charge in [0.2, 0.25) is 0 Å². The first-order valence-electron chi connectivity index (χ1n) is 16.4. The van der Waals surface area contributed by atoms with Crippen molar-refractivity contribution in [3.63, 3.8) is 0 Å². The van der Waals surface area contributed by atoms with Crippen LogP contribution in [0.5, 0.6) is 0 Å². The van der Waals surface area contributed by atoms with Crippen LogP contribution in [0, 0.1) is 0 Å². The molecule has 0 saturated carbocycles. The molecule has 0 saturated heterocycles. The minimum Gasteiger partial charge on any atom is -0.309 e. The van der Waals surface area contributed by atoms with Gasteiger partial charge in [-0.25, -0.2) is 9.97 Å². The molecule has 0 radical (unpaired) electrons. The molecular formula is C44H27ClN4. The zero-order valence-electron chi connectivity index (χ0n) is 26.3. The number of nitrogens with zero attached hydrogens (tertiary/aromatic N) is 4. The standard InChI is InChI=1S/C44H27ClN4/c45-36-17-7-4-16-35(36)43-44(47-38-19-9-8-18-37(38)46-43)49-40-21-11-6-15-32(40)34-25-23-29(27-42(34)49)28-22-24-33-31-14-5-10-20-39(31)48(41(33)26-28)30-12-2-1-3-13-30/h1-27H. The molecular weight excluding hydrogens is 620 g/mol. The second-order valence-corrected chi connectivity index (χ2v) is 12.8. The van der Waals surface area contributed by atoms with Gasteiger partial charge in [0.15, 0.2) is 5.82 Å². The lowest BCUT2D eigenvalue weighted by Gasteiger charge is -2.15. The Labute approximate surface area is 287 Å². The summed E-state index contributed by atoms with van der Waals surface area (Å²) in [5.74, 6) is 0.745. The maximum Gasteiger partial charge on any atom is 0.165 e. The number of benzene rings is 7. The van der Waals surface area contributed by atoms with Crippen LogP contribution in [0.4, 0.5) is 0 Å². The highest BCUT2D eigenvalue weighted by Gasteiger charge is 2.21. The van der Waals surface area contributed by atoms with Crippen LogP contribution in [0.25, 0.3) is 88.5 Å². The second-order valence-electron chi connectivity index (χ2n) is 12.4. The lowest BCUT2D eigenvalue weighted by molar-refractivity contribution is 1.08. The number of aromatic nitrogens is 4. The van der Waals surface area contributed by atoms with E-state index in [4.69, 9.17) is 21.6 Å². The van der Waals surface area contributed by atoms with Crippen LogP contribution in [-0.2, 0) is 0 Å². The smallest absolute Gasteiger partial charge is 0.165 e. The quantitative estimate of drug-likeness (QED) is 0.191. The van der Waals surface area contributed by atoms with Gasteiger partial charge in [-0.2, -0.15) is 0 Å². The van der Waals surface area contributed by atoms with Crippen LogP contribution >= 0.6 is 11.6 Å². The first-order valence-corrected chi connectivity index (χ1v) is 16.7. The summed E-state index contributed by atoms with van der Waals surface area (Å²) in [6, 6.07) is 57.2. The zero-order valence-corrected chi connectivity index (χ0v) is 27.0. The maximum absolute atomic E-state index is 6.84. The first-order chi connectivity index (χ1) is 24.2. The van der Waals surface area contributed by atoms with Gasteiger partial charge in [-0.3, -0.25) is 4.57 Å². The molecule has 0 N–H and O–H groups in total. The molecule has 3 aromatic heterocycles. The predicted molar refractivity (Wildman–Crippen MR) is 204 cm³/mol. The Balaban J connectivity index is 1.26. The van der Waals surface area contributed by atoms with Gasteiger partial charge in [-0.05, 0) is 65.7 Å². The largest absolute Gasteiger partial charge is 0.309 e. The van der Waals surface area contributed by atoms with Crippen molar-refractivity contribution < 1.29 is 0 Å². The van der Waals surface area contributed by atoms with E-state index in [1.807, 2.05) is 48.5 Å². The van der Waals surface area contributed by atoms with Gasteiger partial charge in [0.05, 0.1) is 38.1 Å². The van der Waals surface area contributed by atoms with E-state index in [1.54, 1.807) is 0 Å². The Hall–Kier alpha value is -6.23. The van der Waals surface area contributed by atoms with E-state index in [9.17, 15) is 0 Å². The molecule has 230 valence electrons. The van der Waals surface area contributed by atoms with E-state index in [0.717, 1.165) is 66.7 Å². The third-order valence-corrected chi connectivity index (χ3v) is 9.92. The van der Waals surface area contributed by atoms with Crippen molar-refractivity contribution in [2.45, 2.75) is 0 Å². The minimum atomic E-state index is 0.636. The maximum atomic E-state index is 6.84. The summed E-state index contributed by atoms with van der Waals surface area (Å²) >= 11 is 6.84. The van der Waals surface area contributed by atoms with Gasteiger partial charge in [-0.1, -0.05) is 121 Å². The highest BCUT2D eigenvalue weighted by molar-refractivity contribution is 6.33. The van der Waals surface area contributed by atoms with E-state index in [1.165, 1.54) is 21.8 Å². The average Bonchev–Trinajstić information content (AvgIpc) is 3.67. The molecule has 3 heterocycles. The van der Waals surface area contributed by atoms with Crippen molar-refractivity contribution in [3.05, 3.63) is 169 Å². The molecule has 0 aliphatic carbocycles. The summed E-state index contributed by atoms with van der Waals surface area (Å²) in [7, 11) is 0. The summed E-state index contributed by atoms with van der Waals surface area (Å²) in [5, 5.41) is 5.42. The van der Waals surface area contributed by atoms with Crippen LogP contribution in [0.1, 0.15) is 0 Å². The molecule has 0 unspecified atom stereocenters. The summed E-state index contributed by atoms with van der Waals surface area (Å²) in [5.41, 5.74) is 11.1. The molecule has 10 aromatic rings. The van der Waals surface area contributed by atoms with Crippen LogP contribution in [0.3, 0.4) is 0 Å². The number of para-hydroxylation sites is 5. The summed E-state index contributed by atoms with van der Waals surface area (Å²) in [6.07, 6.45) is 0. The Morgan fingerprint density at radius 2 is 0.918 bits per heavy atom. The van der Waals surface area contributed by atoms with Crippen molar-refractivity contribution in [3.8, 4) is 33.9 Å². The normalized spacial score (nSPS) is 11.8. The summed E-state index contributed by atoms with van der Waals surface area (Å²) < 4.78 is 4.62. The molecule has 0 spiro atoms. The van der Waals surface area contributed by atoms with Gasteiger partial charge in [0, 0.05) is 32.8 Å². The van der Waals surface area contributed by atoms with Gasteiger partial charge in [0.25, 0.3) is 0 Å². The van der Waals surface area contributed by atoms with Crippen LogP contribution in [0.2, 0.25) is 5.02 Å². The molecule has 0 aliphatic heterocycles. The number of hydrogen-bond acceptors (Lipinski definition) is 2. The molecule has 10 rings (SSSR count). The fraction of sp³-hybridized carbons (Fsp3) is 0. The number of rotatable bonds is 4. The van der Waals surface area contributed by atoms with Crippen molar-refractivity contribution >= 4 is 66.2 Å². The van der Waals surface area contributed by atoms with Crippen LogP contribution in [0.15, 0.2) is 164 Å². The molecule has 0 fully saturated rings. The third-order valence-electron chi connectivity index (χ3n) is 9.59. The van der Waals surface area contributed by atoms with Gasteiger partial charge in [-0.15, -0.1) is 0 Å². The highest BCUT2D eigenvalue weighted by atomic mass is 35.5. The molecule has 0 bridgehead atoms. The van der Waals surface area contributed by atoms with E-state index in [-0.39, 0.29) is 0 Å². The van der Waals surface area contributed by atoms with Gasteiger partial charge >= 0.3 is 0 Å². The molecule has 5 heteroatoms. The number of fused-ring (bicyclic) bond motifs is 7. The molecule has 0 amide bonds. The topological polar surface area (TPSA) is 35.6 Å². The van der Waals surface area contributed by atoms with Gasteiger partial charge in [0.1, 0.15) is 5.69 Å². The lowest BCUT2D eigenvalue weighted by atomic mass is 10.0. The Kier molecular flexibility index (Phi) is 6.20. The van der Waals surface area contributed by atoms with E-state index in [0.29, 0.717) is 5.02 Å². The van der Waals surface area contributed by atoms with Gasteiger partial charge < -0.3 is 4.57 Å². The van der Waals surface area contributed by atoms with Crippen molar-refractivity contribution in [2.75, 3.05) is 0 Å². The van der Waals surface area contributed by atoms with Crippen LogP contribution in [-0.4, -0.2) is 19.1 Å². The molecule has 0 atom stereocenters. The SMILES string of the molecule is Clc1ccccc1-c1nc2ccccc2nc1-n1c2ccccc2c2ccc(-c3ccc4c5ccccc5n(-c5ccccc5)c4c3)cc21. The van der Waals surface area contributed by atoms with E-state index >= 15 is 0 Å². The molecule has 4 nitrogen and oxygen atoms in total. The van der Waals surface area contributed by atoms with Crippen LogP contribution < -0.4 is 0 Å². The predicted octanol–water partition coefficient (Wildman–Crippen LogP) is 11.8. The monoisotopic (exact) mass is 646 g/mol. The Morgan fingerprint density at radius 1 is 0.408 bits per heavy atom. The average molecular weight is 647 g/mol. The van der Waals surface area contributed by atoms with E-state index in [2.05, 4.69) is 124 Å². The van der Waals surface area contributed by atoms with Crippen molar-refractivity contribution in [1.82, 2.24) is 19.1 Å². The lowest BCUT2D eigenvalue weighted by Crippen LogP contribution is -2.04. The molecule has 7 aromatic carbocycles. The first kappa shape index (κ1) is 27.8. The summed E-state index contributed by atoms with van der Waals surface area (Å²) in [4.78, 5) is 10.5. The Bertz CT molecular complexity index is 2900. The third kappa shape index (κ3) is 4.31. The molecule has 0 aliphatic rings.